The van der Waals surface area contributed by atoms with Gasteiger partial charge in [-0.25, -0.2) is 9.97 Å². The second-order valence-corrected chi connectivity index (χ2v) is 16.0. The van der Waals surface area contributed by atoms with Crippen LogP contribution in [0.25, 0.3) is 21.1 Å². The summed E-state index contributed by atoms with van der Waals surface area (Å²) in [5.41, 5.74) is 8.19. The largest absolute Gasteiger partial charge is 0.496 e. The summed E-state index contributed by atoms with van der Waals surface area (Å²) in [4.78, 5) is 11.6. The van der Waals surface area contributed by atoms with Crippen LogP contribution in [-0.4, -0.2) is 35.6 Å². The van der Waals surface area contributed by atoms with Gasteiger partial charge in [0, 0.05) is 35.0 Å². The first-order chi connectivity index (χ1) is 23.7. The molecule has 0 atom stereocenters. The molecule has 6 nitrogen and oxygen atoms in total. The van der Waals surface area contributed by atoms with Crippen molar-refractivity contribution >= 4 is 68.4 Å². The maximum Gasteiger partial charge on any atom is 0.122 e. The van der Waals surface area contributed by atoms with Gasteiger partial charge in [-0.3, -0.25) is 0 Å². The van der Waals surface area contributed by atoms with Gasteiger partial charge in [-0.15, -0.1) is 45.3 Å². The van der Waals surface area contributed by atoms with E-state index < -0.39 is 0 Å². The van der Waals surface area contributed by atoms with Crippen LogP contribution in [0.1, 0.15) is 45.1 Å². The van der Waals surface area contributed by atoms with Crippen LogP contribution >= 0.6 is 56.9 Å². The average molecular weight is 747 g/mol. The van der Waals surface area contributed by atoms with Gasteiger partial charge in [0.05, 0.1) is 49.7 Å². The molecule has 0 saturated heterocycles. The molecule has 0 spiro atoms. The lowest BCUT2D eigenvalue weighted by molar-refractivity contribution is 0.409. The van der Waals surface area contributed by atoms with Gasteiger partial charge in [-0.1, -0.05) is 41.9 Å². The maximum atomic E-state index is 8.30. The molecule has 0 radical (unpaired) electrons. The number of nitrogens with zero attached hydrogens (tertiary/aromatic N) is 2. The highest BCUT2D eigenvalue weighted by molar-refractivity contribution is 7.19. The van der Waals surface area contributed by atoms with Gasteiger partial charge in [0.2, 0.25) is 0 Å². The maximum absolute atomic E-state index is 8.30. The van der Waals surface area contributed by atoms with Crippen molar-refractivity contribution in [3.05, 3.63) is 113 Å². The summed E-state index contributed by atoms with van der Waals surface area (Å²) in [7, 11) is 3.39. The van der Waals surface area contributed by atoms with Crippen LogP contribution in [-0.2, 0) is 25.7 Å². The number of methoxy groups -OCH3 is 2. The lowest BCUT2D eigenvalue weighted by Gasteiger charge is -2.11. The van der Waals surface area contributed by atoms with Gasteiger partial charge < -0.3 is 20.3 Å². The Balaban J connectivity index is 0.000000191. The number of halogens is 1. The smallest absolute Gasteiger partial charge is 0.122 e. The molecule has 0 bridgehead atoms. The fourth-order valence-electron chi connectivity index (χ4n) is 5.35. The van der Waals surface area contributed by atoms with Crippen LogP contribution < -0.4 is 9.47 Å². The van der Waals surface area contributed by atoms with Gasteiger partial charge in [-0.05, 0) is 97.5 Å². The summed E-state index contributed by atoms with van der Waals surface area (Å²) < 4.78 is 11.7. The Morgan fingerprint density at radius 3 is 1.65 bits per heavy atom. The number of rotatable bonds is 14. The monoisotopic (exact) mass is 746 g/mol. The van der Waals surface area contributed by atoms with Crippen LogP contribution in [0.5, 0.6) is 11.5 Å². The Kier molecular flexibility index (Phi) is 13.3. The molecule has 11 heteroatoms. The van der Waals surface area contributed by atoms with E-state index in [2.05, 4.69) is 52.8 Å². The minimum atomic E-state index is 0.595. The predicted molar refractivity (Wildman–Crippen MR) is 211 cm³/mol. The van der Waals surface area contributed by atoms with Gasteiger partial charge in [0.15, 0.2) is 0 Å². The van der Waals surface area contributed by atoms with Crippen molar-refractivity contribution in [2.75, 3.05) is 14.2 Å². The van der Waals surface area contributed by atoms with E-state index in [-0.39, 0.29) is 0 Å². The van der Waals surface area contributed by atoms with E-state index in [4.69, 9.17) is 31.9 Å². The number of nitrogens with one attached hydrogen (secondary N) is 2. The van der Waals surface area contributed by atoms with E-state index in [0.717, 1.165) is 61.4 Å². The van der Waals surface area contributed by atoms with Crippen molar-refractivity contribution < 1.29 is 9.47 Å². The van der Waals surface area contributed by atoms with Crippen molar-refractivity contribution in [3.8, 4) is 32.6 Å². The molecule has 0 saturated carbocycles. The fraction of sp³-hybridized carbons (Fsp3) is 0.263. The molecule has 0 amide bonds. The minimum Gasteiger partial charge on any atom is -0.496 e. The number of benzene rings is 2. The number of aromatic nitrogens is 2. The van der Waals surface area contributed by atoms with E-state index in [1.165, 1.54) is 38.5 Å². The molecule has 2 aromatic carbocycles. The molecular formula is C38H39ClN4O2S4. The predicted octanol–water partition coefficient (Wildman–Crippen LogP) is 11.4. The van der Waals surface area contributed by atoms with Gasteiger partial charge in [0.25, 0.3) is 0 Å². The molecule has 0 unspecified atom stereocenters. The van der Waals surface area contributed by atoms with Crippen LogP contribution in [0.3, 0.4) is 0 Å². The summed E-state index contributed by atoms with van der Waals surface area (Å²) in [6.45, 7) is 4.18. The normalized spacial score (nSPS) is 10.8. The Labute approximate surface area is 309 Å². The topological polar surface area (TPSA) is 91.9 Å². The molecule has 0 aliphatic rings. The zero-order valence-electron chi connectivity index (χ0n) is 28.0. The number of ether oxygens (including phenoxy) is 2. The molecule has 0 fully saturated rings. The molecule has 4 aromatic heterocycles. The summed E-state index contributed by atoms with van der Waals surface area (Å²) in [6.07, 6.45) is 4.31. The first kappa shape index (κ1) is 36.6. The van der Waals surface area contributed by atoms with Crippen LogP contribution in [0, 0.1) is 24.7 Å². The minimum absolute atomic E-state index is 0.595. The Morgan fingerprint density at radius 1 is 0.673 bits per heavy atom. The standard InChI is InChI=1S/C19H19ClN2OS2.C19H20N2OS2/c1-12-4-3-5-16(23-2)14(12)7-6-13(21)10-19-22-15(11-24-19)17-8-9-18(20)25-17;1-13-5-3-6-17(22-2)15(13)9-8-14(20)11-19-21-16(12-24-19)18-7-4-10-23-18/h3-5,8-9,11,21H,6-7,10H2,1-2H3;3-7,10,12,20H,8-9,11H2,1-2H3. The third-order valence-corrected chi connectivity index (χ3v) is 11.8. The molecule has 0 aliphatic heterocycles. The van der Waals surface area contributed by atoms with Gasteiger partial charge >= 0.3 is 0 Å². The second-order valence-electron chi connectivity index (χ2n) is 11.4. The molecule has 4 heterocycles. The zero-order chi connectivity index (χ0) is 34.8. The van der Waals surface area contributed by atoms with Crippen LogP contribution in [0.4, 0.5) is 0 Å². The highest BCUT2D eigenvalue weighted by Crippen LogP contribution is 2.32. The number of aryl methyl sites for hydroxylation is 2. The first-order valence-electron chi connectivity index (χ1n) is 15.8. The van der Waals surface area contributed by atoms with Crippen LogP contribution in [0.2, 0.25) is 4.34 Å². The quantitative estimate of drug-likeness (QED) is 0.109. The van der Waals surface area contributed by atoms with Gasteiger partial charge in [-0.2, -0.15) is 0 Å². The van der Waals surface area contributed by atoms with Crippen LogP contribution in [0.15, 0.2) is 76.8 Å². The number of hydrogen-bond acceptors (Lipinski definition) is 10. The summed E-state index contributed by atoms with van der Waals surface area (Å²) >= 11 is 12.5. The lowest BCUT2D eigenvalue weighted by Crippen LogP contribution is -2.05. The van der Waals surface area contributed by atoms with Crippen molar-refractivity contribution in [1.82, 2.24) is 9.97 Å². The van der Waals surface area contributed by atoms with Crippen molar-refractivity contribution in [3.63, 3.8) is 0 Å². The summed E-state index contributed by atoms with van der Waals surface area (Å²) in [5, 5.41) is 24.8. The SMILES string of the molecule is COc1cccc(C)c1CCC(=N)Cc1nc(-c2ccc(Cl)s2)cs1.COc1cccc(C)c1CCC(=N)Cc1nc(-c2cccs2)cs1. The van der Waals surface area contributed by atoms with Crippen molar-refractivity contribution in [2.45, 2.75) is 52.4 Å². The van der Waals surface area contributed by atoms with E-state index >= 15 is 0 Å². The Hall–Kier alpha value is -3.67. The summed E-state index contributed by atoms with van der Waals surface area (Å²) in [5.74, 6) is 1.82. The van der Waals surface area contributed by atoms with Crippen molar-refractivity contribution in [2.24, 2.45) is 0 Å². The highest BCUT2D eigenvalue weighted by atomic mass is 35.5. The summed E-state index contributed by atoms with van der Waals surface area (Å²) in [6, 6.07) is 20.1. The number of hydrogen-bond donors (Lipinski definition) is 2. The van der Waals surface area contributed by atoms with E-state index in [9.17, 15) is 0 Å². The lowest BCUT2D eigenvalue weighted by atomic mass is 10.0. The Morgan fingerprint density at radius 2 is 1.20 bits per heavy atom. The van der Waals surface area contributed by atoms with Crippen molar-refractivity contribution in [1.29, 1.82) is 10.8 Å². The zero-order valence-corrected chi connectivity index (χ0v) is 32.0. The molecule has 2 N–H and O–H groups in total. The van der Waals surface area contributed by atoms with E-state index in [1.807, 2.05) is 47.8 Å². The highest BCUT2D eigenvalue weighted by Gasteiger charge is 2.13. The molecule has 49 heavy (non-hydrogen) atoms. The van der Waals surface area contributed by atoms with E-state index in [0.29, 0.717) is 30.7 Å². The molecule has 0 aliphatic carbocycles. The van der Waals surface area contributed by atoms with Gasteiger partial charge in [0.1, 0.15) is 11.5 Å². The molecule has 254 valence electrons. The average Bonchev–Trinajstić information content (AvgIpc) is 3.92. The third kappa shape index (κ3) is 10.2. The Bertz CT molecular complexity index is 1990. The number of thiazole rings is 2. The molecule has 6 rings (SSSR count). The fourth-order valence-corrected chi connectivity index (χ4v) is 8.87. The second kappa shape index (κ2) is 17.8. The number of thiophene rings is 2. The third-order valence-electron chi connectivity index (χ3n) is 7.96. The van der Waals surface area contributed by atoms with E-state index in [1.54, 1.807) is 48.2 Å². The molecule has 6 aromatic rings. The molecular weight excluding hydrogens is 708 g/mol. The first-order valence-corrected chi connectivity index (χ1v) is 19.6.